The number of hydrogen-bond donors (Lipinski definition) is 2. The van der Waals surface area contributed by atoms with E-state index < -0.39 is 0 Å². The molecular weight excluding hydrogens is 318 g/mol. The Labute approximate surface area is 144 Å². The van der Waals surface area contributed by atoms with Crippen LogP contribution in [0.3, 0.4) is 0 Å². The molecule has 0 bridgehead atoms. The van der Waals surface area contributed by atoms with Gasteiger partial charge in [-0.25, -0.2) is 9.78 Å². The number of urea groups is 1. The van der Waals surface area contributed by atoms with E-state index in [0.29, 0.717) is 11.2 Å². The van der Waals surface area contributed by atoms with E-state index in [9.17, 15) is 4.79 Å². The fraction of sp³-hybridized carbons (Fsp3) is 0.368. The quantitative estimate of drug-likeness (QED) is 0.717. The zero-order chi connectivity index (χ0) is 16.1. The van der Waals surface area contributed by atoms with Crippen LogP contribution in [-0.4, -0.2) is 17.1 Å². The molecule has 2 N–H and O–H groups in total. The third kappa shape index (κ3) is 2.26. The lowest BCUT2D eigenvalue weighted by Crippen LogP contribution is -2.36. The van der Waals surface area contributed by atoms with Crippen LogP contribution in [0.5, 0.6) is 0 Å². The largest absolute Gasteiger partial charge is 0.335 e. The average molecular weight is 337 g/mol. The van der Waals surface area contributed by atoms with E-state index in [4.69, 9.17) is 4.98 Å². The van der Waals surface area contributed by atoms with Gasteiger partial charge >= 0.3 is 6.03 Å². The molecule has 2 amide bonds. The van der Waals surface area contributed by atoms with Crippen LogP contribution in [0.4, 0.5) is 9.93 Å². The number of aromatic nitrogens is 1. The van der Waals surface area contributed by atoms with Crippen LogP contribution in [0.1, 0.15) is 36.8 Å². The molecule has 1 aromatic heterocycles. The maximum Gasteiger partial charge on any atom is 0.321 e. The number of fused-ring (bicyclic) bond motifs is 2. The van der Waals surface area contributed by atoms with E-state index in [1.54, 1.807) is 11.3 Å². The van der Waals surface area contributed by atoms with Crippen molar-refractivity contribution in [2.45, 2.75) is 44.6 Å². The van der Waals surface area contributed by atoms with Gasteiger partial charge < -0.3 is 5.32 Å². The Morgan fingerprint density at radius 3 is 2.88 bits per heavy atom. The summed E-state index contributed by atoms with van der Waals surface area (Å²) < 4.78 is 1.16. The van der Waals surface area contributed by atoms with Gasteiger partial charge in [0.2, 0.25) is 0 Å². The van der Waals surface area contributed by atoms with Crippen molar-refractivity contribution in [3.63, 3.8) is 0 Å². The van der Waals surface area contributed by atoms with Crippen LogP contribution in [0.2, 0.25) is 0 Å². The molecule has 5 rings (SSSR count). The number of nitrogens with zero attached hydrogens (tertiary/aromatic N) is 1. The van der Waals surface area contributed by atoms with Crippen molar-refractivity contribution in [3.8, 4) is 0 Å². The SMILES string of the molecule is O=C(Nc1nc2c(cc3c4c(cccc42)CC3)s1)NC1CCCC1. The number of aryl methyl sites for hydroxylation is 2. The minimum atomic E-state index is -0.127. The van der Waals surface area contributed by atoms with E-state index in [-0.39, 0.29) is 6.03 Å². The molecule has 1 saturated carbocycles. The van der Waals surface area contributed by atoms with Crippen molar-refractivity contribution in [1.82, 2.24) is 10.3 Å². The van der Waals surface area contributed by atoms with Gasteiger partial charge in [0.15, 0.2) is 5.13 Å². The summed E-state index contributed by atoms with van der Waals surface area (Å²) in [5.74, 6) is 0. The van der Waals surface area contributed by atoms with Crippen LogP contribution in [0.15, 0.2) is 24.3 Å². The molecule has 24 heavy (non-hydrogen) atoms. The van der Waals surface area contributed by atoms with Gasteiger partial charge in [0.05, 0.1) is 10.2 Å². The molecule has 0 atom stereocenters. The normalized spacial score (nSPS) is 17.0. The van der Waals surface area contributed by atoms with Crippen molar-refractivity contribution < 1.29 is 4.79 Å². The highest BCUT2D eigenvalue weighted by Gasteiger charge is 2.20. The van der Waals surface area contributed by atoms with E-state index >= 15 is 0 Å². The smallest absolute Gasteiger partial charge is 0.321 e. The Bertz CT molecular complexity index is 956. The van der Waals surface area contributed by atoms with E-state index in [0.717, 1.165) is 35.9 Å². The van der Waals surface area contributed by atoms with Crippen molar-refractivity contribution in [2.24, 2.45) is 0 Å². The number of nitrogens with one attached hydrogen (secondary N) is 2. The van der Waals surface area contributed by atoms with Gasteiger partial charge in [-0.2, -0.15) is 0 Å². The van der Waals surface area contributed by atoms with Gasteiger partial charge in [-0.05, 0) is 48.3 Å². The summed E-state index contributed by atoms with van der Waals surface area (Å²) in [5, 5.41) is 9.27. The third-order valence-corrected chi connectivity index (χ3v) is 6.18. The minimum Gasteiger partial charge on any atom is -0.335 e. The zero-order valence-corrected chi connectivity index (χ0v) is 14.2. The van der Waals surface area contributed by atoms with Gasteiger partial charge in [-0.1, -0.05) is 42.4 Å². The van der Waals surface area contributed by atoms with Crippen LogP contribution in [-0.2, 0) is 12.8 Å². The van der Waals surface area contributed by atoms with E-state index in [1.165, 1.54) is 34.7 Å². The molecule has 1 fully saturated rings. The number of amides is 2. The fourth-order valence-corrected chi connectivity index (χ4v) is 5.09. The van der Waals surface area contributed by atoms with E-state index in [2.05, 4.69) is 34.9 Å². The molecule has 122 valence electrons. The van der Waals surface area contributed by atoms with Gasteiger partial charge in [0.1, 0.15) is 0 Å². The molecule has 2 aromatic carbocycles. The maximum absolute atomic E-state index is 12.2. The summed E-state index contributed by atoms with van der Waals surface area (Å²) in [6.07, 6.45) is 6.83. The summed E-state index contributed by atoms with van der Waals surface area (Å²) in [5.41, 5.74) is 3.85. The number of carbonyl (C=O) groups excluding carboxylic acids is 1. The first-order chi connectivity index (χ1) is 11.8. The lowest BCUT2D eigenvalue weighted by Gasteiger charge is -2.11. The molecule has 3 aromatic rings. The lowest BCUT2D eigenvalue weighted by atomic mass is 10.0. The predicted octanol–water partition coefficient (Wildman–Crippen LogP) is 4.61. The van der Waals surface area contributed by atoms with Crippen LogP contribution < -0.4 is 10.6 Å². The van der Waals surface area contributed by atoms with Crippen molar-refractivity contribution in [2.75, 3.05) is 5.32 Å². The number of carbonyl (C=O) groups is 1. The first-order valence-corrected chi connectivity index (χ1v) is 9.51. The van der Waals surface area contributed by atoms with Crippen LogP contribution >= 0.6 is 11.3 Å². The predicted molar refractivity (Wildman–Crippen MR) is 98.9 cm³/mol. The molecule has 4 nitrogen and oxygen atoms in total. The summed E-state index contributed by atoms with van der Waals surface area (Å²) >= 11 is 1.57. The van der Waals surface area contributed by atoms with E-state index in [1.807, 2.05) is 0 Å². The summed E-state index contributed by atoms with van der Waals surface area (Å²) in [4.78, 5) is 16.9. The van der Waals surface area contributed by atoms with Crippen molar-refractivity contribution in [3.05, 3.63) is 35.4 Å². The lowest BCUT2D eigenvalue weighted by molar-refractivity contribution is 0.248. The topological polar surface area (TPSA) is 54.0 Å². The molecule has 0 aliphatic heterocycles. The molecule has 1 heterocycles. The van der Waals surface area contributed by atoms with Crippen LogP contribution in [0.25, 0.3) is 21.0 Å². The Balaban J connectivity index is 1.49. The van der Waals surface area contributed by atoms with Gasteiger partial charge in [0.25, 0.3) is 0 Å². The Morgan fingerprint density at radius 2 is 2.00 bits per heavy atom. The standard InChI is InChI=1S/C19H19N3OS/c23-18(20-13-5-1-2-6-13)22-19-21-17-14-7-3-4-11-8-9-12(16(11)14)10-15(17)24-19/h3-4,7,10,13H,1-2,5-6,8-9H2,(H2,20,21,22,23). The highest BCUT2D eigenvalue weighted by Crippen LogP contribution is 2.39. The zero-order valence-electron chi connectivity index (χ0n) is 13.4. The van der Waals surface area contributed by atoms with Crippen LogP contribution in [0, 0.1) is 0 Å². The fourth-order valence-electron chi connectivity index (χ4n) is 4.15. The number of rotatable bonds is 2. The molecular formula is C19H19N3OS. The summed E-state index contributed by atoms with van der Waals surface area (Å²) in [6.45, 7) is 0. The Morgan fingerprint density at radius 1 is 1.17 bits per heavy atom. The number of benzene rings is 2. The monoisotopic (exact) mass is 337 g/mol. The average Bonchev–Trinajstić information content (AvgIpc) is 3.29. The molecule has 0 spiro atoms. The highest BCUT2D eigenvalue weighted by molar-refractivity contribution is 7.22. The van der Waals surface area contributed by atoms with Crippen molar-refractivity contribution in [1.29, 1.82) is 0 Å². The molecule has 5 heteroatoms. The molecule has 2 aliphatic carbocycles. The van der Waals surface area contributed by atoms with Gasteiger partial charge in [-0.15, -0.1) is 0 Å². The summed E-state index contributed by atoms with van der Waals surface area (Å²) in [6, 6.07) is 8.93. The number of thiazole rings is 1. The number of hydrogen-bond acceptors (Lipinski definition) is 3. The molecule has 0 unspecified atom stereocenters. The van der Waals surface area contributed by atoms with Crippen molar-refractivity contribution >= 4 is 43.5 Å². The highest BCUT2D eigenvalue weighted by atomic mass is 32.1. The molecule has 0 saturated heterocycles. The molecule has 0 radical (unpaired) electrons. The maximum atomic E-state index is 12.2. The second kappa shape index (κ2) is 5.45. The van der Waals surface area contributed by atoms with Gasteiger partial charge in [-0.3, -0.25) is 5.32 Å². The second-order valence-electron chi connectivity index (χ2n) is 6.82. The Hall–Kier alpha value is -2.14. The second-order valence-corrected chi connectivity index (χ2v) is 7.85. The number of anilines is 1. The first kappa shape index (κ1) is 14.2. The minimum absolute atomic E-state index is 0.127. The van der Waals surface area contributed by atoms with Gasteiger partial charge in [0, 0.05) is 11.4 Å². The molecule has 2 aliphatic rings. The Kier molecular flexibility index (Phi) is 3.23. The first-order valence-electron chi connectivity index (χ1n) is 8.69. The summed E-state index contributed by atoms with van der Waals surface area (Å²) in [7, 11) is 0. The third-order valence-electron chi connectivity index (χ3n) is 5.26.